The number of furan rings is 1. The number of carboxylic acids is 1. The number of rotatable bonds is 4. The normalized spacial score (nSPS) is 12.1. The first-order valence-electron chi connectivity index (χ1n) is 4.54. The molecule has 0 bridgehead atoms. The highest BCUT2D eigenvalue weighted by Crippen LogP contribution is 2.09. The Labute approximate surface area is 87.1 Å². The molecule has 5 nitrogen and oxygen atoms in total. The summed E-state index contributed by atoms with van der Waals surface area (Å²) in [5, 5.41) is 11.2. The minimum Gasteiger partial charge on any atom is -0.480 e. The lowest BCUT2D eigenvalue weighted by Crippen LogP contribution is -2.41. The number of carbonyl (C=O) groups is 2. The maximum atomic E-state index is 10.8. The number of carboxylic acid groups (broad SMARTS) is 1. The summed E-state index contributed by atoms with van der Waals surface area (Å²) < 4.78 is 5.23. The van der Waals surface area contributed by atoms with E-state index in [9.17, 15) is 9.59 Å². The molecule has 0 aliphatic carbocycles. The molecule has 0 saturated heterocycles. The molecular formula is C10H13NO4. The second kappa shape index (κ2) is 4.63. The smallest absolute Gasteiger partial charge is 0.326 e. The molecule has 0 radical (unpaired) electrons. The lowest BCUT2D eigenvalue weighted by molar-refractivity contribution is -0.141. The maximum absolute atomic E-state index is 10.8. The average molecular weight is 211 g/mol. The third kappa shape index (κ3) is 3.46. The van der Waals surface area contributed by atoms with E-state index in [1.54, 1.807) is 19.1 Å². The molecule has 1 unspecified atom stereocenters. The third-order valence-corrected chi connectivity index (χ3v) is 1.88. The highest BCUT2D eigenvalue weighted by molar-refractivity contribution is 5.82. The minimum atomic E-state index is -1.07. The molecule has 1 rings (SSSR count). The number of hydrogen-bond donors (Lipinski definition) is 2. The SMILES string of the molecule is CC(=O)NC(Cc1ccc(C)o1)C(=O)O. The van der Waals surface area contributed by atoms with Gasteiger partial charge in [0.25, 0.3) is 0 Å². The van der Waals surface area contributed by atoms with Crippen LogP contribution in [0.1, 0.15) is 18.4 Å². The van der Waals surface area contributed by atoms with Crippen LogP contribution in [0.25, 0.3) is 0 Å². The van der Waals surface area contributed by atoms with Crippen LogP contribution in [-0.2, 0) is 16.0 Å². The van der Waals surface area contributed by atoms with E-state index in [4.69, 9.17) is 9.52 Å². The Balaban J connectivity index is 2.66. The van der Waals surface area contributed by atoms with Crippen LogP contribution in [0.2, 0.25) is 0 Å². The van der Waals surface area contributed by atoms with Crippen molar-refractivity contribution >= 4 is 11.9 Å². The molecule has 1 aromatic rings. The van der Waals surface area contributed by atoms with Crippen LogP contribution in [0.3, 0.4) is 0 Å². The molecule has 1 aromatic heterocycles. The lowest BCUT2D eigenvalue weighted by Gasteiger charge is -2.11. The zero-order chi connectivity index (χ0) is 11.4. The van der Waals surface area contributed by atoms with Crippen LogP contribution in [0.15, 0.2) is 16.5 Å². The monoisotopic (exact) mass is 211 g/mol. The van der Waals surface area contributed by atoms with Gasteiger partial charge in [-0.1, -0.05) is 0 Å². The fourth-order valence-electron chi connectivity index (χ4n) is 1.24. The molecule has 0 aliphatic heterocycles. The molecule has 0 fully saturated rings. The Morgan fingerprint density at radius 3 is 2.60 bits per heavy atom. The van der Waals surface area contributed by atoms with Crippen molar-refractivity contribution in [2.45, 2.75) is 26.3 Å². The molecular weight excluding hydrogens is 198 g/mol. The predicted molar refractivity (Wildman–Crippen MR) is 52.4 cm³/mol. The Hall–Kier alpha value is -1.78. The van der Waals surface area contributed by atoms with Crippen LogP contribution in [0.4, 0.5) is 0 Å². The molecule has 1 heterocycles. The number of hydrogen-bond acceptors (Lipinski definition) is 3. The van der Waals surface area contributed by atoms with Gasteiger partial charge in [-0.25, -0.2) is 4.79 Å². The number of nitrogens with one attached hydrogen (secondary N) is 1. The van der Waals surface area contributed by atoms with Crippen molar-refractivity contribution < 1.29 is 19.1 Å². The summed E-state index contributed by atoms with van der Waals surface area (Å²) in [6.45, 7) is 3.06. The van der Waals surface area contributed by atoms with Gasteiger partial charge in [-0.05, 0) is 19.1 Å². The van der Waals surface area contributed by atoms with Crippen LogP contribution >= 0.6 is 0 Å². The summed E-state index contributed by atoms with van der Waals surface area (Å²) in [6, 6.07) is 2.52. The molecule has 0 saturated carbocycles. The number of carbonyl (C=O) groups excluding carboxylic acids is 1. The van der Waals surface area contributed by atoms with Crippen molar-refractivity contribution in [1.29, 1.82) is 0 Å². The molecule has 5 heteroatoms. The van der Waals surface area contributed by atoms with Gasteiger partial charge < -0.3 is 14.8 Å². The minimum absolute atomic E-state index is 0.156. The largest absolute Gasteiger partial charge is 0.480 e. The molecule has 1 atom stereocenters. The fraction of sp³-hybridized carbons (Fsp3) is 0.400. The number of aryl methyl sites for hydroxylation is 1. The van der Waals surface area contributed by atoms with E-state index in [1.165, 1.54) is 6.92 Å². The van der Waals surface area contributed by atoms with Crippen molar-refractivity contribution in [2.24, 2.45) is 0 Å². The average Bonchev–Trinajstić information content (AvgIpc) is 2.49. The highest BCUT2D eigenvalue weighted by Gasteiger charge is 2.20. The first-order chi connectivity index (χ1) is 6.99. The quantitative estimate of drug-likeness (QED) is 0.769. The van der Waals surface area contributed by atoms with Gasteiger partial charge in [0.05, 0.1) is 0 Å². The molecule has 0 aromatic carbocycles. The topological polar surface area (TPSA) is 79.5 Å². The Morgan fingerprint density at radius 2 is 2.20 bits per heavy atom. The summed E-state index contributed by atoms with van der Waals surface area (Å²) in [5.74, 6) is -0.171. The number of aliphatic carboxylic acids is 1. The molecule has 0 spiro atoms. The summed E-state index contributed by atoms with van der Waals surface area (Å²) in [4.78, 5) is 21.5. The van der Waals surface area contributed by atoms with Crippen LogP contribution in [0, 0.1) is 6.92 Å². The summed E-state index contributed by atoms with van der Waals surface area (Å²) >= 11 is 0. The Morgan fingerprint density at radius 1 is 1.53 bits per heavy atom. The van der Waals surface area contributed by atoms with E-state index in [0.29, 0.717) is 5.76 Å². The summed E-state index contributed by atoms with van der Waals surface area (Å²) in [7, 11) is 0. The van der Waals surface area contributed by atoms with Crippen LogP contribution < -0.4 is 5.32 Å². The van der Waals surface area contributed by atoms with Gasteiger partial charge in [-0.2, -0.15) is 0 Å². The van der Waals surface area contributed by atoms with Crippen molar-refractivity contribution in [3.05, 3.63) is 23.7 Å². The van der Waals surface area contributed by atoms with Gasteiger partial charge in [-0.15, -0.1) is 0 Å². The zero-order valence-corrected chi connectivity index (χ0v) is 8.61. The Bertz CT molecular complexity index is 369. The van der Waals surface area contributed by atoms with E-state index in [1.807, 2.05) is 0 Å². The second-order valence-electron chi connectivity index (χ2n) is 3.31. The first kappa shape index (κ1) is 11.3. The van der Waals surface area contributed by atoms with Gasteiger partial charge in [0.1, 0.15) is 17.6 Å². The fourth-order valence-corrected chi connectivity index (χ4v) is 1.24. The van der Waals surface area contributed by atoms with Gasteiger partial charge in [0.2, 0.25) is 5.91 Å². The molecule has 2 N–H and O–H groups in total. The summed E-state index contributed by atoms with van der Waals surface area (Å²) in [5.41, 5.74) is 0. The molecule has 1 amide bonds. The van der Waals surface area contributed by atoms with Crippen molar-refractivity contribution in [3.8, 4) is 0 Å². The Kier molecular flexibility index (Phi) is 3.49. The first-order valence-corrected chi connectivity index (χ1v) is 4.54. The predicted octanol–water partition coefficient (Wildman–Crippen LogP) is 0.720. The van der Waals surface area contributed by atoms with Crippen molar-refractivity contribution in [1.82, 2.24) is 5.32 Å². The van der Waals surface area contributed by atoms with E-state index in [-0.39, 0.29) is 12.3 Å². The standard InChI is InChI=1S/C10H13NO4/c1-6-3-4-8(15-6)5-9(10(13)14)11-7(2)12/h3-4,9H,5H2,1-2H3,(H,11,12)(H,13,14). The van der Waals surface area contributed by atoms with Gasteiger partial charge in [0.15, 0.2) is 0 Å². The lowest BCUT2D eigenvalue weighted by atomic mass is 10.1. The van der Waals surface area contributed by atoms with Crippen molar-refractivity contribution in [3.63, 3.8) is 0 Å². The van der Waals surface area contributed by atoms with E-state index < -0.39 is 12.0 Å². The van der Waals surface area contributed by atoms with E-state index in [2.05, 4.69) is 5.32 Å². The van der Waals surface area contributed by atoms with Gasteiger partial charge >= 0.3 is 5.97 Å². The molecule has 0 aliphatic rings. The summed E-state index contributed by atoms with van der Waals surface area (Å²) in [6.07, 6.45) is 0.156. The molecule has 15 heavy (non-hydrogen) atoms. The zero-order valence-electron chi connectivity index (χ0n) is 8.61. The molecule has 82 valence electrons. The third-order valence-electron chi connectivity index (χ3n) is 1.88. The van der Waals surface area contributed by atoms with Crippen LogP contribution in [-0.4, -0.2) is 23.0 Å². The maximum Gasteiger partial charge on any atom is 0.326 e. The van der Waals surface area contributed by atoms with Gasteiger partial charge in [-0.3, -0.25) is 4.79 Å². The van der Waals surface area contributed by atoms with Crippen molar-refractivity contribution in [2.75, 3.05) is 0 Å². The second-order valence-corrected chi connectivity index (χ2v) is 3.31. The van der Waals surface area contributed by atoms with Gasteiger partial charge in [0, 0.05) is 13.3 Å². The number of amides is 1. The highest BCUT2D eigenvalue weighted by atomic mass is 16.4. The van der Waals surface area contributed by atoms with E-state index in [0.717, 1.165) is 5.76 Å². The van der Waals surface area contributed by atoms with E-state index >= 15 is 0 Å². The van der Waals surface area contributed by atoms with Crippen LogP contribution in [0.5, 0.6) is 0 Å².